The number of nitrogens with zero attached hydrogens (tertiary/aromatic N) is 2. The third-order valence-electron chi connectivity index (χ3n) is 5.21. The molecule has 1 saturated heterocycles. The number of hydrogen-bond donors (Lipinski definition) is 2. The molecule has 2 aromatic heterocycles. The highest BCUT2D eigenvalue weighted by molar-refractivity contribution is 7.55. The van der Waals surface area contributed by atoms with Crippen LogP contribution in [0.15, 0.2) is 42.5 Å². The van der Waals surface area contributed by atoms with Gasteiger partial charge in [0.15, 0.2) is 0 Å². The monoisotopic (exact) mass is 459 g/mol. The van der Waals surface area contributed by atoms with Crippen LogP contribution >= 0.6 is 18.9 Å². The standard InChI is InChI=1S/C22H26N3O4PS/c1-13-11-14(2)25-22(24-13)23-12-19(30(27)28-15(3)16(4)29-30)21-10-9-20(31-21)17-5-7-18(26)8-6-17/h5-11,15-16,19,26H,12H2,1-4H3,(H,23,24,25)/t15-,16+,19?,30?. The molecule has 2 N–H and O–H groups in total. The quantitative estimate of drug-likeness (QED) is 0.457. The number of benzene rings is 1. The molecule has 2 unspecified atom stereocenters. The van der Waals surface area contributed by atoms with Gasteiger partial charge in [0.1, 0.15) is 11.4 Å². The van der Waals surface area contributed by atoms with Crippen molar-refractivity contribution < 1.29 is 18.7 Å². The summed E-state index contributed by atoms with van der Waals surface area (Å²) < 4.78 is 25.5. The molecule has 4 atom stereocenters. The lowest BCUT2D eigenvalue weighted by Gasteiger charge is -2.22. The van der Waals surface area contributed by atoms with Crippen molar-refractivity contribution in [3.8, 4) is 16.2 Å². The normalized spacial score (nSPS) is 24.3. The van der Waals surface area contributed by atoms with Crippen LogP contribution in [0.3, 0.4) is 0 Å². The summed E-state index contributed by atoms with van der Waals surface area (Å²) >= 11 is 1.53. The van der Waals surface area contributed by atoms with E-state index in [4.69, 9.17) is 9.05 Å². The van der Waals surface area contributed by atoms with Gasteiger partial charge in [0.2, 0.25) is 5.95 Å². The van der Waals surface area contributed by atoms with Gasteiger partial charge < -0.3 is 19.5 Å². The molecule has 4 rings (SSSR count). The molecular formula is C22H26N3O4PS. The second-order valence-electron chi connectivity index (χ2n) is 7.78. The van der Waals surface area contributed by atoms with E-state index in [1.165, 1.54) is 11.3 Å². The molecule has 0 saturated carbocycles. The van der Waals surface area contributed by atoms with Gasteiger partial charge in [0.25, 0.3) is 0 Å². The van der Waals surface area contributed by atoms with Crippen molar-refractivity contribution in [3.63, 3.8) is 0 Å². The molecule has 1 fully saturated rings. The number of aromatic hydroxyl groups is 1. The van der Waals surface area contributed by atoms with Crippen LogP contribution in [0.2, 0.25) is 0 Å². The molecule has 3 aromatic rings. The van der Waals surface area contributed by atoms with Gasteiger partial charge in [0.05, 0.1) is 12.2 Å². The van der Waals surface area contributed by atoms with Crippen molar-refractivity contribution in [1.29, 1.82) is 0 Å². The number of anilines is 1. The fourth-order valence-electron chi connectivity index (χ4n) is 3.48. The summed E-state index contributed by atoms with van der Waals surface area (Å²) in [5.41, 5.74) is 2.20. The number of phenols is 1. The van der Waals surface area contributed by atoms with E-state index in [2.05, 4.69) is 15.3 Å². The summed E-state index contributed by atoms with van der Waals surface area (Å²) in [6, 6.07) is 12.9. The van der Waals surface area contributed by atoms with Crippen LogP contribution in [-0.2, 0) is 13.6 Å². The molecule has 1 aromatic carbocycles. The Morgan fingerprint density at radius 1 is 1.06 bits per heavy atom. The second kappa shape index (κ2) is 8.71. The molecule has 0 amide bonds. The number of rotatable bonds is 6. The molecule has 7 nitrogen and oxygen atoms in total. The first-order valence-corrected chi connectivity index (χ1v) is 12.6. The van der Waals surface area contributed by atoms with Crippen molar-refractivity contribution in [2.24, 2.45) is 0 Å². The predicted octanol–water partition coefficient (Wildman–Crippen LogP) is 5.70. The van der Waals surface area contributed by atoms with Gasteiger partial charge in [-0.1, -0.05) is 0 Å². The summed E-state index contributed by atoms with van der Waals surface area (Å²) in [4.78, 5) is 10.8. The highest BCUT2D eigenvalue weighted by atomic mass is 32.1. The summed E-state index contributed by atoms with van der Waals surface area (Å²) in [5, 5.41) is 12.8. The van der Waals surface area contributed by atoms with Gasteiger partial charge in [-0.15, -0.1) is 11.3 Å². The van der Waals surface area contributed by atoms with Gasteiger partial charge >= 0.3 is 7.60 Å². The number of nitrogens with one attached hydrogen (secondary N) is 1. The minimum Gasteiger partial charge on any atom is -0.508 e. The molecule has 0 radical (unpaired) electrons. The van der Waals surface area contributed by atoms with Gasteiger partial charge in [0, 0.05) is 27.7 Å². The van der Waals surface area contributed by atoms with Crippen LogP contribution in [-0.4, -0.2) is 33.8 Å². The van der Waals surface area contributed by atoms with E-state index in [-0.39, 0.29) is 18.0 Å². The number of aromatic nitrogens is 2. The molecule has 9 heteroatoms. The minimum absolute atomic E-state index is 0.219. The van der Waals surface area contributed by atoms with Crippen molar-refractivity contribution in [2.45, 2.75) is 45.6 Å². The zero-order chi connectivity index (χ0) is 22.2. The van der Waals surface area contributed by atoms with Gasteiger partial charge in [-0.3, -0.25) is 4.57 Å². The highest BCUT2D eigenvalue weighted by Gasteiger charge is 2.47. The molecule has 164 valence electrons. The van der Waals surface area contributed by atoms with E-state index in [1.54, 1.807) is 12.1 Å². The number of aryl methyl sites for hydroxylation is 2. The lowest BCUT2D eigenvalue weighted by molar-refractivity contribution is 0.187. The van der Waals surface area contributed by atoms with Gasteiger partial charge in [-0.05, 0) is 75.7 Å². The van der Waals surface area contributed by atoms with Crippen LogP contribution in [0.1, 0.15) is 35.8 Å². The van der Waals surface area contributed by atoms with E-state index >= 15 is 0 Å². The van der Waals surface area contributed by atoms with Crippen molar-refractivity contribution in [1.82, 2.24) is 9.97 Å². The van der Waals surface area contributed by atoms with Crippen LogP contribution < -0.4 is 5.32 Å². The first kappa shape index (κ1) is 22.0. The molecule has 0 bridgehead atoms. The Hall–Kier alpha value is -2.25. The second-order valence-corrected chi connectivity index (χ2v) is 11.0. The largest absolute Gasteiger partial charge is 0.508 e. The molecule has 3 heterocycles. The summed E-state index contributed by atoms with van der Waals surface area (Å²) in [5.74, 6) is 0.709. The Bertz CT molecular complexity index is 1080. The van der Waals surface area contributed by atoms with Crippen LogP contribution in [0.4, 0.5) is 5.95 Å². The van der Waals surface area contributed by atoms with Crippen LogP contribution in [0.5, 0.6) is 5.75 Å². The third kappa shape index (κ3) is 4.83. The van der Waals surface area contributed by atoms with E-state index in [1.807, 2.05) is 58.0 Å². The average Bonchev–Trinajstić information content (AvgIpc) is 3.27. The van der Waals surface area contributed by atoms with E-state index in [0.29, 0.717) is 12.5 Å². The van der Waals surface area contributed by atoms with Gasteiger partial charge in [-0.25, -0.2) is 9.97 Å². The molecule has 0 spiro atoms. The maximum atomic E-state index is 13.7. The Kier molecular flexibility index (Phi) is 6.17. The minimum atomic E-state index is -3.41. The van der Waals surface area contributed by atoms with Crippen molar-refractivity contribution in [2.75, 3.05) is 11.9 Å². The molecular weight excluding hydrogens is 433 g/mol. The van der Waals surface area contributed by atoms with Gasteiger partial charge in [-0.2, -0.15) is 0 Å². The number of hydrogen-bond acceptors (Lipinski definition) is 8. The molecule has 1 aliphatic rings. The van der Waals surface area contributed by atoms with Crippen molar-refractivity contribution >= 4 is 24.9 Å². The third-order valence-corrected chi connectivity index (χ3v) is 9.11. The smallest absolute Gasteiger partial charge is 0.341 e. The first-order chi connectivity index (χ1) is 14.7. The maximum Gasteiger partial charge on any atom is 0.341 e. The lowest BCUT2D eigenvalue weighted by atomic mass is 10.2. The Balaban J connectivity index is 1.64. The predicted molar refractivity (Wildman–Crippen MR) is 123 cm³/mol. The maximum absolute atomic E-state index is 13.7. The summed E-state index contributed by atoms with van der Waals surface area (Å²) in [6.07, 6.45) is -0.496. The van der Waals surface area contributed by atoms with Crippen LogP contribution in [0, 0.1) is 13.8 Å². The average molecular weight is 460 g/mol. The number of phenolic OH excluding ortho intramolecular Hbond substituents is 1. The summed E-state index contributed by atoms with van der Waals surface area (Å²) in [7, 11) is -3.41. The van der Waals surface area contributed by atoms with E-state index < -0.39 is 13.3 Å². The first-order valence-electron chi connectivity index (χ1n) is 10.2. The van der Waals surface area contributed by atoms with Crippen LogP contribution in [0.25, 0.3) is 10.4 Å². The highest BCUT2D eigenvalue weighted by Crippen LogP contribution is 2.67. The van der Waals surface area contributed by atoms with Crippen molar-refractivity contribution in [3.05, 3.63) is 58.7 Å². The topological polar surface area (TPSA) is 93.6 Å². The molecule has 0 aliphatic carbocycles. The Labute approximate surface area is 186 Å². The fourth-order valence-corrected chi connectivity index (χ4v) is 7.35. The Morgan fingerprint density at radius 3 is 2.29 bits per heavy atom. The van der Waals surface area contributed by atoms with E-state index in [9.17, 15) is 9.67 Å². The molecule has 31 heavy (non-hydrogen) atoms. The van der Waals surface area contributed by atoms with E-state index in [0.717, 1.165) is 26.7 Å². The SMILES string of the molecule is Cc1cc(C)nc(NCC(c2ccc(-c3ccc(O)cc3)s2)P2(=O)O[C@@H](C)[C@@H](C)O2)n1. The molecule has 1 aliphatic heterocycles. The lowest BCUT2D eigenvalue weighted by Crippen LogP contribution is -2.15. The summed E-state index contributed by atoms with van der Waals surface area (Å²) in [6.45, 7) is 7.88. The zero-order valence-corrected chi connectivity index (χ0v) is 19.6. The zero-order valence-electron chi connectivity index (χ0n) is 17.9. The Morgan fingerprint density at radius 2 is 1.68 bits per heavy atom. The fraction of sp³-hybridized carbons (Fsp3) is 0.364. The number of thiophene rings is 1.